The van der Waals surface area contributed by atoms with Crippen molar-refractivity contribution in [2.24, 2.45) is 5.92 Å². The highest BCUT2D eigenvalue weighted by molar-refractivity contribution is 5.61. The van der Waals surface area contributed by atoms with E-state index in [2.05, 4.69) is 78.9 Å². The summed E-state index contributed by atoms with van der Waals surface area (Å²) in [5.74, 6) is 0.749. The summed E-state index contributed by atoms with van der Waals surface area (Å²) in [5, 5.41) is 13.4. The van der Waals surface area contributed by atoms with Gasteiger partial charge in [-0.1, -0.05) is 43.7 Å². The van der Waals surface area contributed by atoms with E-state index in [-0.39, 0.29) is 12.6 Å². The van der Waals surface area contributed by atoms with Gasteiger partial charge in [0.1, 0.15) is 0 Å². The van der Waals surface area contributed by atoms with E-state index < -0.39 is 0 Å². The quantitative estimate of drug-likeness (QED) is 0.499. The van der Waals surface area contributed by atoms with Gasteiger partial charge in [-0.15, -0.1) is 0 Å². The number of nitrogens with zero attached hydrogens (tertiary/aromatic N) is 2. The molecule has 1 aromatic rings. The number of likely N-dealkylation sites (tertiary alicyclic amines) is 1. The van der Waals surface area contributed by atoms with E-state index in [0.29, 0.717) is 0 Å². The van der Waals surface area contributed by atoms with E-state index in [1.807, 2.05) is 0 Å². The predicted octanol–water partition coefficient (Wildman–Crippen LogP) is 4.79. The van der Waals surface area contributed by atoms with Crippen LogP contribution in [0.2, 0.25) is 0 Å². The van der Waals surface area contributed by atoms with Crippen LogP contribution in [0.15, 0.2) is 54.2 Å². The summed E-state index contributed by atoms with van der Waals surface area (Å²) in [4.78, 5) is 4.78. The van der Waals surface area contributed by atoms with Gasteiger partial charge in [-0.3, -0.25) is 4.90 Å². The third-order valence-corrected chi connectivity index (χ3v) is 6.86. The van der Waals surface area contributed by atoms with Crippen LogP contribution >= 0.6 is 0 Å². The average molecular weight is 454 g/mol. The summed E-state index contributed by atoms with van der Waals surface area (Å²) in [6, 6.07) is 6.96. The third-order valence-electron chi connectivity index (χ3n) is 6.86. The van der Waals surface area contributed by atoms with Crippen molar-refractivity contribution < 1.29 is 9.84 Å². The lowest BCUT2D eigenvalue weighted by molar-refractivity contribution is 0.0721. The standard InChI is InChI=1S/C28H43N3O2/c1-5-25-9-10-31(28(17-25)21-32)20-23(3)8-6-7-22(2)19-29-26-15-24(4)16-27(18-26)30-11-13-33-14-12-30/h6-8,15-16,18,25,28-29,32H,3,5,9-14,17,19-21H2,1-2,4H3/b8-6-,22-7+/t25-,28+/m1/s1. The van der Waals surface area contributed by atoms with Crippen LogP contribution in [0.1, 0.15) is 38.7 Å². The zero-order chi connectivity index (χ0) is 23.6. The molecule has 0 bridgehead atoms. The molecule has 1 aromatic carbocycles. The molecular formula is C28H43N3O2. The Bertz CT molecular complexity index is 826. The number of benzene rings is 1. The van der Waals surface area contributed by atoms with E-state index in [9.17, 15) is 5.11 Å². The number of hydrogen-bond acceptors (Lipinski definition) is 5. The minimum absolute atomic E-state index is 0.240. The highest BCUT2D eigenvalue weighted by atomic mass is 16.5. The first-order valence-electron chi connectivity index (χ1n) is 12.5. The smallest absolute Gasteiger partial charge is 0.0642 e. The van der Waals surface area contributed by atoms with Crippen LogP contribution in [0.25, 0.3) is 0 Å². The van der Waals surface area contributed by atoms with Gasteiger partial charge in [-0.25, -0.2) is 0 Å². The molecular weight excluding hydrogens is 410 g/mol. The molecule has 2 fully saturated rings. The minimum Gasteiger partial charge on any atom is -0.395 e. The fraction of sp³-hybridized carbons (Fsp3) is 0.571. The molecule has 5 heteroatoms. The average Bonchev–Trinajstić information content (AvgIpc) is 2.83. The number of ether oxygens (including phenoxy) is 1. The number of aliphatic hydroxyl groups excluding tert-OH is 1. The van der Waals surface area contributed by atoms with Crippen molar-refractivity contribution >= 4 is 11.4 Å². The predicted molar refractivity (Wildman–Crippen MR) is 140 cm³/mol. The zero-order valence-corrected chi connectivity index (χ0v) is 20.9. The van der Waals surface area contributed by atoms with Crippen molar-refractivity contribution in [1.82, 2.24) is 4.90 Å². The van der Waals surface area contributed by atoms with E-state index in [4.69, 9.17) is 4.74 Å². The minimum atomic E-state index is 0.240. The fourth-order valence-corrected chi connectivity index (χ4v) is 4.78. The van der Waals surface area contributed by atoms with Gasteiger partial charge in [-0.2, -0.15) is 0 Å². The van der Waals surface area contributed by atoms with E-state index >= 15 is 0 Å². The zero-order valence-electron chi connectivity index (χ0n) is 20.9. The number of hydrogen-bond donors (Lipinski definition) is 2. The second-order valence-electron chi connectivity index (χ2n) is 9.65. The number of nitrogens with one attached hydrogen (secondary N) is 1. The SMILES string of the molecule is C=C(/C=C\C=C(/C)CNc1cc(C)cc(N2CCOCC2)c1)CN1CC[C@@H](CC)C[C@H]1CO. The second kappa shape index (κ2) is 13.0. The molecule has 33 heavy (non-hydrogen) atoms. The Balaban J connectivity index is 1.48. The van der Waals surface area contributed by atoms with Gasteiger partial charge in [0.05, 0.1) is 19.8 Å². The van der Waals surface area contributed by atoms with Crippen LogP contribution < -0.4 is 10.2 Å². The molecule has 0 unspecified atom stereocenters. The lowest BCUT2D eigenvalue weighted by Crippen LogP contribution is -2.45. The highest BCUT2D eigenvalue weighted by Gasteiger charge is 2.26. The van der Waals surface area contributed by atoms with E-state index in [1.54, 1.807) is 0 Å². The Morgan fingerprint density at radius 2 is 2.03 bits per heavy atom. The molecule has 2 N–H and O–H groups in total. The van der Waals surface area contributed by atoms with Crippen LogP contribution in [0.5, 0.6) is 0 Å². The first-order valence-corrected chi connectivity index (χ1v) is 12.5. The molecule has 0 amide bonds. The van der Waals surface area contributed by atoms with Gasteiger partial charge in [0.15, 0.2) is 0 Å². The molecule has 0 aromatic heterocycles. The first-order chi connectivity index (χ1) is 16.0. The van der Waals surface area contributed by atoms with Crippen molar-refractivity contribution in [1.29, 1.82) is 0 Å². The normalized spacial score (nSPS) is 22.7. The summed E-state index contributed by atoms with van der Waals surface area (Å²) >= 11 is 0. The summed E-state index contributed by atoms with van der Waals surface area (Å²) in [6.07, 6.45) is 9.89. The van der Waals surface area contributed by atoms with Crippen molar-refractivity contribution in [3.63, 3.8) is 0 Å². The molecule has 0 saturated carbocycles. The third kappa shape index (κ3) is 8.02. The molecule has 2 saturated heterocycles. The van der Waals surface area contributed by atoms with Crippen LogP contribution in [0, 0.1) is 12.8 Å². The molecule has 2 atom stereocenters. The van der Waals surface area contributed by atoms with Crippen LogP contribution in [-0.2, 0) is 4.74 Å². The van der Waals surface area contributed by atoms with Crippen LogP contribution in [-0.4, -0.2) is 68.6 Å². The Hall–Kier alpha value is -2.08. The summed E-state index contributed by atoms with van der Waals surface area (Å²) in [6.45, 7) is 17.2. The topological polar surface area (TPSA) is 48.0 Å². The lowest BCUT2D eigenvalue weighted by atomic mass is 9.89. The maximum absolute atomic E-state index is 9.78. The van der Waals surface area contributed by atoms with Crippen LogP contribution in [0.3, 0.4) is 0 Å². The second-order valence-corrected chi connectivity index (χ2v) is 9.65. The number of morpholine rings is 1. The summed E-state index contributed by atoms with van der Waals surface area (Å²) in [5.41, 5.74) is 6.05. The Morgan fingerprint density at radius 1 is 1.24 bits per heavy atom. The van der Waals surface area contributed by atoms with Crippen molar-refractivity contribution in [2.75, 3.05) is 62.8 Å². The monoisotopic (exact) mass is 453 g/mol. The molecule has 0 spiro atoms. The molecule has 2 heterocycles. The molecule has 2 aliphatic rings. The molecule has 5 nitrogen and oxygen atoms in total. The molecule has 182 valence electrons. The van der Waals surface area contributed by atoms with E-state index in [1.165, 1.54) is 29.7 Å². The van der Waals surface area contributed by atoms with Crippen molar-refractivity contribution in [3.8, 4) is 0 Å². The molecule has 2 aliphatic heterocycles. The number of anilines is 2. The molecule has 3 rings (SSSR count). The number of rotatable bonds is 10. The van der Waals surface area contributed by atoms with Crippen LogP contribution in [0.4, 0.5) is 11.4 Å². The first kappa shape index (κ1) is 25.5. The van der Waals surface area contributed by atoms with Gasteiger partial charge in [0.25, 0.3) is 0 Å². The lowest BCUT2D eigenvalue weighted by Gasteiger charge is -2.38. The van der Waals surface area contributed by atoms with E-state index in [0.717, 1.165) is 69.5 Å². The fourth-order valence-electron chi connectivity index (χ4n) is 4.78. The van der Waals surface area contributed by atoms with Crippen molar-refractivity contribution in [2.45, 2.75) is 46.1 Å². The Kier molecular flexibility index (Phi) is 10.0. The largest absolute Gasteiger partial charge is 0.395 e. The van der Waals surface area contributed by atoms with Gasteiger partial charge >= 0.3 is 0 Å². The Morgan fingerprint density at radius 3 is 2.76 bits per heavy atom. The molecule has 0 aliphatic carbocycles. The van der Waals surface area contributed by atoms with Gasteiger partial charge < -0.3 is 20.1 Å². The summed E-state index contributed by atoms with van der Waals surface area (Å²) < 4.78 is 5.49. The number of aryl methyl sites for hydroxylation is 1. The number of piperidine rings is 1. The molecule has 0 radical (unpaired) electrons. The van der Waals surface area contributed by atoms with Gasteiger partial charge in [0, 0.05) is 43.6 Å². The van der Waals surface area contributed by atoms with Gasteiger partial charge in [0.2, 0.25) is 0 Å². The Labute approximate surface area is 200 Å². The summed E-state index contributed by atoms with van der Waals surface area (Å²) in [7, 11) is 0. The number of allylic oxidation sites excluding steroid dienone is 2. The maximum Gasteiger partial charge on any atom is 0.0642 e. The highest BCUT2D eigenvalue weighted by Crippen LogP contribution is 2.26. The number of aliphatic hydroxyl groups is 1. The van der Waals surface area contributed by atoms with Crippen molar-refractivity contribution in [3.05, 3.63) is 59.7 Å². The maximum atomic E-state index is 9.78. The van der Waals surface area contributed by atoms with Gasteiger partial charge in [-0.05, 0) is 68.5 Å².